The highest BCUT2D eigenvalue weighted by atomic mass is 19.4. The van der Waals surface area contributed by atoms with Gasteiger partial charge in [-0.1, -0.05) is 5.92 Å². The number of anilines is 1. The van der Waals surface area contributed by atoms with Gasteiger partial charge >= 0.3 is 12.1 Å². The molecule has 0 aliphatic carbocycles. The molecule has 0 saturated heterocycles. The van der Waals surface area contributed by atoms with E-state index in [1.807, 2.05) is 0 Å². The van der Waals surface area contributed by atoms with Gasteiger partial charge in [0.25, 0.3) is 0 Å². The van der Waals surface area contributed by atoms with E-state index in [0.717, 1.165) is 17.0 Å². The number of hydrogen-bond acceptors (Lipinski definition) is 3. The second-order valence-electron chi connectivity index (χ2n) is 3.80. The molecule has 0 spiro atoms. The van der Waals surface area contributed by atoms with Crippen molar-refractivity contribution < 1.29 is 23.1 Å². The van der Waals surface area contributed by atoms with E-state index in [2.05, 4.69) is 5.92 Å². The fraction of sp³-hybridized carbons (Fsp3) is 0.231. The van der Waals surface area contributed by atoms with Crippen molar-refractivity contribution in [1.29, 1.82) is 5.26 Å². The number of aliphatic carboxylic acids is 1. The number of benzene rings is 1. The van der Waals surface area contributed by atoms with Crippen LogP contribution in [0.15, 0.2) is 18.2 Å². The lowest BCUT2D eigenvalue weighted by Crippen LogP contribution is -2.30. The molecule has 0 bridgehead atoms. The van der Waals surface area contributed by atoms with Crippen LogP contribution < -0.4 is 4.90 Å². The van der Waals surface area contributed by atoms with Crippen molar-refractivity contribution in [3.63, 3.8) is 0 Å². The Hall–Kier alpha value is -2.67. The predicted octanol–water partition coefficient (Wildman–Crippen LogP) is 2.10. The standard InChI is InChI=1S/C13H9F3N2O2/c1-2-5-18(8-12(19)20)11-4-3-10(13(14,15)16)6-9(11)7-17/h1,3-4,6H,5,8H2,(H,19,20). The highest BCUT2D eigenvalue weighted by Crippen LogP contribution is 2.32. The van der Waals surface area contributed by atoms with Crippen LogP contribution in [0.3, 0.4) is 0 Å². The second kappa shape index (κ2) is 5.98. The molecule has 1 N–H and O–H groups in total. The second-order valence-corrected chi connectivity index (χ2v) is 3.80. The predicted molar refractivity (Wildman–Crippen MR) is 64.8 cm³/mol. The van der Waals surface area contributed by atoms with E-state index in [9.17, 15) is 18.0 Å². The van der Waals surface area contributed by atoms with Crippen molar-refractivity contribution in [2.24, 2.45) is 0 Å². The molecule has 1 rings (SSSR count). The molecule has 20 heavy (non-hydrogen) atoms. The number of alkyl halides is 3. The molecule has 0 unspecified atom stereocenters. The van der Waals surface area contributed by atoms with Crippen molar-refractivity contribution in [3.05, 3.63) is 29.3 Å². The minimum atomic E-state index is -4.58. The van der Waals surface area contributed by atoms with E-state index in [0.29, 0.717) is 6.07 Å². The molecule has 0 atom stereocenters. The Morgan fingerprint density at radius 1 is 1.45 bits per heavy atom. The minimum absolute atomic E-state index is 0.0563. The Kier molecular flexibility index (Phi) is 4.60. The van der Waals surface area contributed by atoms with Gasteiger partial charge in [-0.25, -0.2) is 0 Å². The van der Waals surface area contributed by atoms with Crippen LogP contribution in [0.25, 0.3) is 0 Å². The molecule has 0 radical (unpaired) electrons. The van der Waals surface area contributed by atoms with Gasteiger partial charge in [0.15, 0.2) is 0 Å². The van der Waals surface area contributed by atoms with Crippen molar-refractivity contribution >= 4 is 11.7 Å². The summed E-state index contributed by atoms with van der Waals surface area (Å²) in [6.07, 6.45) is 0.510. The molecule has 0 amide bonds. The van der Waals surface area contributed by atoms with Gasteiger partial charge in [-0.2, -0.15) is 18.4 Å². The molecule has 1 aromatic rings. The first kappa shape index (κ1) is 15.4. The number of carbonyl (C=O) groups is 1. The van der Waals surface area contributed by atoms with E-state index in [-0.39, 0.29) is 17.8 Å². The van der Waals surface area contributed by atoms with E-state index >= 15 is 0 Å². The lowest BCUT2D eigenvalue weighted by Gasteiger charge is -2.22. The first-order valence-electron chi connectivity index (χ1n) is 5.31. The highest BCUT2D eigenvalue weighted by molar-refractivity contribution is 5.75. The third-order valence-corrected chi connectivity index (χ3v) is 2.39. The lowest BCUT2D eigenvalue weighted by atomic mass is 10.1. The summed E-state index contributed by atoms with van der Waals surface area (Å²) in [5.74, 6) is 0.994. The number of nitriles is 1. The van der Waals surface area contributed by atoms with Crippen molar-refractivity contribution in [1.82, 2.24) is 0 Å². The first-order chi connectivity index (χ1) is 9.29. The van der Waals surface area contributed by atoms with Crippen molar-refractivity contribution in [3.8, 4) is 18.4 Å². The third-order valence-electron chi connectivity index (χ3n) is 2.39. The van der Waals surface area contributed by atoms with Crippen LogP contribution in [0, 0.1) is 23.7 Å². The normalized spacial score (nSPS) is 10.4. The fourth-order valence-corrected chi connectivity index (χ4v) is 1.58. The van der Waals surface area contributed by atoms with Gasteiger partial charge in [-0.05, 0) is 18.2 Å². The van der Waals surface area contributed by atoms with Crippen molar-refractivity contribution in [2.75, 3.05) is 18.0 Å². The topological polar surface area (TPSA) is 64.3 Å². The number of nitrogens with zero attached hydrogens (tertiary/aromatic N) is 2. The maximum atomic E-state index is 12.5. The summed E-state index contributed by atoms with van der Waals surface area (Å²) in [5.41, 5.74) is -1.20. The molecule has 7 heteroatoms. The van der Waals surface area contributed by atoms with Gasteiger partial charge in [0, 0.05) is 0 Å². The van der Waals surface area contributed by atoms with Gasteiger partial charge in [0.1, 0.15) is 12.6 Å². The Morgan fingerprint density at radius 2 is 2.10 bits per heavy atom. The quantitative estimate of drug-likeness (QED) is 0.859. The SMILES string of the molecule is C#CCN(CC(=O)O)c1ccc(C(F)(F)F)cc1C#N. The van der Waals surface area contributed by atoms with Crippen LogP contribution in [-0.4, -0.2) is 24.2 Å². The minimum Gasteiger partial charge on any atom is -0.480 e. The molecule has 4 nitrogen and oxygen atoms in total. The highest BCUT2D eigenvalue weighted by Gasteiger charge is 2.31. The summed E-state index contributed by atoms with van der Waals surface area (Å²) in [4.78, 5) is 11.9. The van der Waals surface area contributed by atoms with Crippen LogP contribution in [0.2, 0.25) is 0 Å². The van der Waals surface area contributed by atoms with Gasteiger partial charge in [-0.15, -0.1) is 6.42 Å². The number of rotatable bonds is 4. The van der Waals surface area contributed by atoms with E-state index in [4.69, 9.17) is 16.8 Å². The summed E-state index contributed by atoms with van der Waals surface area (Å²) in [6, 6.07) is 4.11. The number of carboxylic acids is 1. The maximum Gasteiger partial charge on any atom is 0.416 e. The summed E-state index contributed by atoms with van der Waals surface area (Å²) < 4.78 is 37.6. The zero-order valence-corrected chi connectivity index (χ0v) is 10.1. The Bertz CT molecular complexity index is 597. The van der Waals surface area contributed by atoms with E-state index in [1.165, 1.54) is 0 Å². The summed E-state index contributed by atoms with van der Waals surface area (Å²) in [6.45, 7) is -0.642. The van der Waals surface area contributed by atoms with Crippen LogP contribution in [0.5, 0.6) is 0 Å². The zero-order chi connectivity index (χ0) is 15.3. The van der Waals surface area contributed by atoms with Crippen LogP contribution in [0.4, 0.5) is 18.9 Å². The average molecular weight is 282 g/mol. The smallest absolute Gasteiger partial charge is 0.416 e. The number of hydrogen-bond donors (Lipinski definition) is 1. The lowest BCUT2D eigenvalue weighted by molar-refractivity contribution is -0.138. The molecule has 0 aliphatic rings. The Balaban J connectivity index is 3.27. The van der Waals surface area contributed by atoms with Crippen LogP contribution >= 0.6 is 0 Å². The third kappa shape index (κ3) is 3.66. The Labute approximate surface area is 113 Å². The molecular weight excluding hydrogens is 273 g/mol. The molecule has 0 heterocycles. The average Bonchev–Trinajstić information content (AvgIpc) is 2.36. The van der Waals surface area contributed by atoms with Gasteiger partial charge < -0.3 is 10.0 Å². The zero-order valence-electron chi connectivity index (χ0n) is 10.1. The van der Waals surface area contributed by atoms with Crippen LogP contribution in [0.1, 0.15) is 11.1 Å². The largest absolute Gasteiger partial charge is 0.480 e. The number of terminal acetylenes is 1. The molecule has 0 saturated carbocycles. The van der Waals surface area contributed by atoms with E-state index in [1.54, 1.807) is 6.07 Å². The van der Waals surface area contributed by atoms with Gasteiger partial charge in [-0.3, -0.25) is 4.79 Å². The monoisotopic (exact) mass is 282 g/mol. The molecule has 0 aliphatic heterocycles. The fourth-order valence-electron chi connectivity index (χ4n) is 1.58. The molecular formula is C13H9F3N2O2. The summed E-state index contributed by atoms with van der Waals surface area (Å²) in [7, 11) is 0. The maximum absolute atomic E-state index is 12.5. The molecule has 0 fully saturated rings. The molecule has 0 aromatic heterocycles. The summed E-state index contributed by atoms with van der Waals surface area (Å²) >= 11 is 0. The molecule has 1 aromatic carbocycles. The molecule has 104 valence electrons. The van der Waals surface area contributed by atoms with Gasteiger partial charge in [0.2, 0.25) is 0 Å². The number of carboxylic acid groups (broad SMARTS) is 1. The van der Waals surface area contributed by atoms with E-state index < -0.39 is 24.3 Å². The van der Waals surface area contributed by atoms with Crippen LogP contribution in [-0.2, 0) is 11.0 Å². The van der Waals surface area contributed by atoms with Crippen molar-refractivity contribution in [2.45, 2.75) is 6.18 Å². The Morgan fingerprint density at radius 3 is 2.55 bits per heavy atom. The number of halogens is 3. The van der Waals surface area contributed by atoms with Gasteiger partial charge in [0.05, 0.1) is 23.4 Å². The first-order valence-corrected chi connectivity index (χ1v) is 5.31. The summed E-state index contributed by atoms with van der Waals surface area (Å²) in [5, 5.41) is 17.7.